The average Bonchev–Trinajstić information content (AvgIpc) is 2.38. The molecule has 2 aliphatic rings. The van der Waals surface area contributed by atoms with Crippen LogP contribution in [-0.4, -0.2) is 24.3 Å². The largest absolute Gasteiger partial charge is 0.396 e. The lowest BCUT2D eigenvalue weighted by atomic mass is 9.84. The Bertz CT molecular complexity index is 189. The molecule has 0 aromatic carbocycles. The monoisotopic (exact) mass is 225 g/mol. The smallest absolute Gasteiger partial charge is 0.0474 e. The van der Waals surface area contributed by atoms with E-state index in [1.807, 2.05) is 0 Å². The minimum absolute atomic E-state index is 0.377. The minimum Gasteiger partial charge on any atom is -0.396 e. The predicted octanol–water partition coefficient (Wildman–Crippen LogP) is 2.71. The van der Waals surface area contributed by atoms with E-state index in [1.54, 1.807) is 0 Å². The number of rotatable bonds is 4. The Morgan fingerprint density at radius 3 is 2.31 bits per heavy atom. The molecule has 0 amide bonds. The van der Waals surface area contributed by atoms with Crippen molar-refractivity contribution in [1.29, 1.82) is 0 Å². The fourth-order valence-corrected chi connectivity index (χ4v) is 3.40. The van der Waals surface area contributed by atoms with Crippen molar-refractivity contribution in [2.45, 2.75) is 63.8 Å². The van der Waals surface area contributed by atoms with Gasteiger partial charge in [-0.25, -0.2) is 0 Å². The van der Waals surface area contributed by atoms with Gasteiger partial charge in [0, 0.05) is 12.6 Å². The van der Waals surface area contributed by atoms with Crippen LogP contribution >= 0.6 is 0 Å². The van der Waals surface area contributed by atoms with Crippen molar-refractivity contribution in [1.82, 2.24) is 5.32 Å². The summed E-state index contributed by atoms with van der Waals surface area (Å²) in [6.07, 6.45) is 12.3. The summed E-state index contributed by atoms with van der Waals surface area (Å²) >= 11 is 0. The van der Waals surface area contributed by atoms with Crippen LogP contribution in [0.1, 0.15) is 57.8 Å². The number of hydrogen-bond donors (Lipinski definition) is 2. The van der Waals surface area contributed by atoms with Crippen LogP contribution in [0.25, 0.3) is 0 Å². The molecule has 0 spiro atoms. The van der Waals surface area contributed by atoms with E-state index in [-0.39, 0.29) is 0 Å². The molecule has 2 aliphatic carbocycles. The summed E-state index contributed by atoms with van der Waals surface area (Å²) in [7, 11) is 0. The van der Waals surface area contributed by atoms with E-state index in [0.717, 1.165) is 5.92 Å². The molecule has 2 unspecified atom stereocenters. The molecule has 0 aromatic rings. The SMILES string of the molecule is OCC1CCCCC1NCC1CCCCC1. The van der Waals surface area contributed by atoms with Crippen LogP contribution in [0.15, 0.2) is 0 Å². The molecule has 2 saturated carbocycles. The molecular weight excluding hydrogens is 198 g/mol. The van der Waals surface area contributed by atoms with Gasteiger partial charge in [0.2, 0.25) is 0 Å². The van der Waals surface area contributed by atoms with Gasteiger partial charge in [0.15, 0.2) is 0 Å². The standard InChI is InChI=1S/C14H27NO/c16-11-13-8-4-5-9-14(13)15-10-12-6-2-1-3-7-12/h12-16H,1-11H2. The van der Waals surface area contributed by atoms with Crippen molar-refractivity contribution in [3.63, 3.8) is 0 Å². The van der Waals surface area contributed by atoms with E-state index in [4.69, 9.17) is 0 Å². The van der Waals surface area contributed by atoms with Crippen LogP contribution in [0, 0.1) is 11.8 Å². The first kappa shape index (κ1) is 12.4. The highest BCUT2D eigenvalue weighted by atomic mass is 16.3. The Labute approximate surface area is 99.8 Å². The van der Waals surface area contributed by atoms with Crippen LogP contribution in [-0.2, 0) is 0 Å². The molecule has 94 valence electrons. The van der Waals surface area contributed by atoms with Crippen molar-refractivity contribution in [2.75, 3.05) is 13.2 Å². The Balaban J connectivity index is 1.70. The van der Waals surface area contributed by atoms with Crippen molar-refractivity contribution in [3.05, 3.63) is 0 Å². The highest BCUT2D eigenvalue weighted by molar-refractivity contribution is 4.81. The molecule has 2 nitrogen and oxygen atoms in total. The Morgan fingerprint density at radius 2 is 1.56 bits per heavy atom. The van der Waals surface area contributed by atoms with Gasteiger partial charge >= 0.3 is 0 Å². The lowest BCUT2D eigenvalue weighted by Crippen LogP contribution is -2.42. The first-order valence-electron chi connectivity index (χ1n) is 7.24. The fraction of sp³-hybridized carbons (Fsp3) is 1.00. The molecule has 0 radical (unpaired) electrons. The molecule has 2 atom stereocenters. The Kier molecular flexibility index (Phi) is 5.11. The van der Waals surface area contributed by atoms with Crippen LogP contribution in [0.5, 0.6) is 0 Å². The second kappa shape index (κ2) is 6.61. The maximum Gasteiger partial charge on any atom is 0.0474 e. The lowest BCUT2D eigenvalue weighted by Gasteiger charge is -2.33. The van der Waals surface area contributed by atoms with Crippen LogP contribution in [0.3, 0.4) is 0 Å². The highest BCUT2D eigenvalue weighted by Gasteiger charge is 2.24. The average molecular weight is 225 g/mol. The normalized spacial score (nSPS) is 32.8. The number of aliphatic hydroxyl groups excluding tert-OH is 1. The van der Waals surface area contributed by atoms with E-state index in [2.05, 4.69) is 5.32 Å². The Morgan fingerprint density at radius 1 is 0.875 bits per heavy atom. The molecule has 2 fully saturated rings. The molecule has 0 aliphatic heterocycles. The van der Waals surface area contributed by atoms with Gasteiger partial charge in [0.25, 0.3) is 0 Å². The maximum atomic E-state index is 9.36. The lowest BCUT2D eigenvalue weighted by molar-refractivity contribution is 0.148. The van der Waals surface area contributed by atoms with Gasteiger partial charge in [-0.05, 0) is 44.1 Å². The number of hydrogen-bond acceptors (Lipinski definition) is 2. The third kappa shape index (κ3) is 3.46. The molecule has 2 rings (SSSR count). The van der Waals surface area contributed by atoms with Crippen molar-refractivity contribution >= 4 is 0 Å². The first-order valence-corrected chi connectivity index (χ1v) is 7.24. The maximum absolute atomic E-state index is 9.36. The van der Waals surface area contributed by atoms with Gasteiger partial charge in [-0.2, -0.15) is 0 Å². The summed E-state index contributed by atoms with van der Waals surface area (Å²) in [6, 6.07) is 0.598. The molecule has 0 bridgehead atoms. The van der Waals surface area contributed by atoms with Crippen molar-refractivity contribution in [3.8, 4) is 0 Å². The van der Waals surface area contributed by atoms with E-state index < -0.39 is 0 Å². The summed E-state index contributed by atoms with van der Waals surface area (Å²) in [6.45, 7) is 1.57. The second-order valence-corrected chi connectivity index (χ2v) is 5.75. The zero-order chi connectivity index (χ0) is 11.2. The van der Waals surface area contributed by atoms with E-state index in [0.29, 0.717) is 18.6 Å². The topological polar surface area (TPSA) is 32.3 Å². The molecule has 0 heterocycles. The van der Waals surface area contributed by atoms with Gasteiger partial charge in [0.05, 0.1) is 0 Å². The number of aliphatic hydroxyl groups is 1. The van der Waals surface area contributed by atoms with Gasteiger partial charge < -0.3 is 10.4 Å². The quantitative estimate of drug-likeness (QED) is 0.771. The molecule has 0 saturated heterocycles. The minimum atomic E-state index is 0.377. The van der Waals surface area contributed by atoms with Crippen molar-refractivity contribution in [2.24, 2.45) is 11.8 Å². The molecule has 0 aromatic heterocycles. The van der Waals surface area contributed by atoms with Crippen LogP contribution < -0.4 is 5.32 Å². The summed E-state index contributed by atoms with van der Waals surface area (Å²) < 4.78 is 0. The van der Waals surface area contributed by atoms with E-state index in [9.17, 15) is 5.11 Å². The van der Waals surface area contributed by atoms with Gasteiger partial charge in [-0.1, -0.05) is 32.1 Å². The predicted molar refractivity (Wildman–Crippen MR) is 67.4 cm³/mol. The number of nitrogens with one attached hydrogen (secondary N) is 1. The Hall–Kier alpha value is -0.0800. The highest BCUT2D eigenvalue weighted by Crippen LogP contribution is 2.26. The van der Waals surface area contributed by atoms with Crippen LogP contribution in [0.4, 0.5) is 0 Å². The third-order valence-corrected chi connectivity index (χ3v) is 4.54. The van der Waals surface area contributed by atoms with E-state index in [1.165, 1.54) is 64.3 Å². The molecule has 2 N–H and O–H groups in total. The zero-order valence-electron chi connectivity index (χ0n) is 10.5. The van der Waals surface area contributed by atoms with Crippen LogP contribution in [0.2, 0.25) is 0 Å². The summed E-state index contributed by atoms with van der Waals surface area (Å²) in [5.41, 5.74) is 0. The van der Waals surface area contributed by atoms with Gasteiger partial charge in [0.1, 0.15) is 0 Å². The molecular formula is C14H27NO. The summed E-state index contributed by atoms with van der Waals surface area (Å²) in [5.74, 6) is 1.44. The van der Waals surface area contributed by atoms with Gasteiger partial charge in [-0.3, -0.25) is 0 Å². The van der Waals surface area contributed by atoms with Crippen molar-refractivity contribution < 1.29 is 5.11 Å². The zero-order valence-corrected chi connectivity index (χ0v) is 10.5. The molecule has 16 heavy (non-hydrogen) atoms. The summed E-state index contributed by atoms with van der Waals surface area (Å²) in [5, 5.41) is 13.1. The molecule has 2 heteroatoms. The third-order valence-electron chi connectivity index (χ3n) is 4.54. The van der Waals surface area contributed by atoms with E-state index >= 15 is 0 Å². The van der Waals surface area contributed by atoms with Gasteiger partial charge in [-0.15, -0.1) is 0 Å². The second-order valence-electron chi connectivity index (χ2n) is 5.75. The fourth-order valence-electron chi connectivity index (χ4n) is 3.40. The summed E-state index contributed by atoms with van der Waals surface area (Å²) in [4.78, 5) is 0. The first-order chi connectivity index (χ1) is 7.90.